The van der Waals surface area contributed by atoms with Crippen molar-refractivity contribution < 1.29 is 5.11 Å². The smallest absolute Gasteiger partial charge is 0.119 e. The first-order valence-corrected chi connectivity index (χ1v) is 7.27. The van der Waals surface area contributed by atoms with Crippen molar-refractivity contribution in [3.63, 3.8) is 0 Å². The summed E-state index contributed by atoms with van der Waals surface area (Å²) in [6, 6.07) is 7.18. The van der Waals surface area contributed by atoms with Crippen molar-refractivity contribution in [1.82, 2.24) is 0 Å². The summed E-state index contributed by atoms with van der Waals surface area (Å²) in [6.45, 7) is 4.51. The Balaban J connectivity index is 0.000000304. The molecule has 1 nitrogen and oxygen atoms in total. The minimum absolute atomic E-state index is 0.326. The maximum absolute atomic E-state index is 9.06. The quantitative estimate of drug-likeness (QED) is 0.529. The molecule has 0 saturated heterocycles. The van der Waals surface area contributed by atoms with Crippen LogP contribution in [0.2, 0.25) is 0 Å². The molecule has 0 saturated carbocycles. The molecule has 0 atom stereocenters. The van der Waals surface area contributed by atoms with E-state index in [2.05, 4.69) is 26.5 Å². The maximum atomic E-state index is 9.06. The Morgan fingerprint density at radius 3 is 1.82 bits per heavy atom. The molecule has 0 bridgehead atoms. The molecule has 1 aromatic rings. The van der Waals surface area contributed by atoms with Crippen LogP contribution in [0, 0.1) is 0 Å². The summed E-state index contributed by atoms with van der Waals surface area (Å²) < 4.78 is 0. The molecule has 0 radical (unpaired) electrons. The van der Waals surface area contributed by atoms with Crippen LogP contribution in [-0.4, -0.2) is 5.11 Å². The van der Waals surface area contributed by atoms with Gasteiger partial charge in [-0.1, -0.05) is 70.6 Å². The van der Waals surface area contributed by atoms with Gasteiger partial charge in [0.15, 0.2) is 0 Å². The molecule has 0 aliphatic carbocycles. The molecular weight excluding hydrogens is 228 g/mol. The first-order chi connectivity index (χ1) is 8.26. The lowest BCUT2D eigenvalue weighted by Crippen LogP contribution is -1.75. The summed E-state index contributed by atoms with van der Waals surface area (Å²) in [5, 5.41) is 9.06. The first kappa shape index (κ1) is 16.4. The fourth-order valence-corrected chi connectivity index (χ4v) is 1.77. The average Bonchev–Trinajstić information content (AvgIpc) is 2.36. The molecule has 1 aromatic carbocycles. The minimum atomic E-state index is 0.326. The maximum Gasteiger partial charge on any atom is 0.119 e. The second-order valence-corrected chi connectivity index (χ2v) is 4.52. The number of unbranched alkanes of at least 4 members (excludes halogenated alkanes) is 5. The number of phenolic OH excluding ortho intramolecular Hbond substituents is 1. The standard InChI is InChI=1S/C8H18.C7H8OS/c1-3-5-7-8-6-4-2;8-7-4-2-1-3-6(7)5-9/h3-8H2,1-2H3;1-4,8-9H,5H2. The van der Waals surface area contributed by atoms with Crippen molar-refractivity contribution in [2.45, 2.75) is 58.1 Å². The van der Waals surface area contributed by atoms with E-state index in [-0.39, 0.29) is 0 Å². The molecule has 17 heavy (non-hydrogen) atoms. The third-order valence-electron chi connectivity index (χ3n) is 2.62. The monoisotopic (exact) mass is 254 g/mol. The lowest BCUT2D eigenvalue weighted by molar-refractivity contribution is 0.470. The molecule has 1 rings (SSSR count). The van der Waals surface area contributed by atoms with Gasteiger partial charge in [-0.25, -0.2) is 0 Å². The Kier molecular flexibility index (Phi) is 11.4. The summed E-state index contributed by atoms with van der Waals surface area (Å²) in [5.41, 5.74) is 0.876. The van der Waals surface area contributed by atoms with Crippen LogP contribution in [0.4, 0.5) is 0 Å². The summed E-state index contributed by atoms with van der Waals surface area (Å²) >= 11 is 4.02. The summed E-state index contributed by atoms with van der Waals surface area (Å²) in [4.78, 5) is 0. The zero-order valence-electron chi connectivity index (χ0n) is 11.2. The molecule has 0 heterocycles. The van der Waals surface area contributed by atoms with Crippen LogP contribution in [0.3, 0.4) is 0 Å². The van der Waals surface area contributed by atoms with E-state index in [0.29, 0.717) is 11.5 Å². The SMILES string of the molecule is CCCCCCCC.Oc1ccccc1CS. The van der Waals surface area contributed by atoms with Gasteiger partial charge in [0.05, 0.1) is 0 Å². The zero-order valence-corrected chi connectivity index (χ0v) is 12.0. The normalized spacial score (nSPS) is 9.59. The van der Waals surface area contributed by atoms with Gasteiger partial charge < -0.3 is 5.11 Å². The van der Waals surface area contributed by atoms with Crippen molar-refractivity contribution >= 4 is 12.6 Å². The van der Waals surface area contributed by atoms with Crippen LogP contribution in [-0.2, 0) is 5.75 Å². The first-order valence-electron chi connectivity index (χ1n) is 6.63. The number of para-hydroxylation sites is 1. The molecule has 0 aliphatic rings. The van der Waals surface area contributed by atoms with Gasteiger partial charge in [-0.3, -0.25) is 0 Å². The second-order valence-electron chi connectivity index (χ2n) is 4.20. The van der Waals surface area contributed by atoms with Crippen LogP contribution in [0.25, 0.3) is 0 Å². The highest BCUT2D eigenvalue weighted by molar-refractivity contribution is 7.79. The summed E-state index contributed by atoms with van der Waals surface area (Å²) in [5.74, 6) is 0.916. The number of hydrogen-bond acceptors (Lipinski definition) is 2. The minimum Gasteiger partial charge on any atom is -0.508 e. The fourth-order valence-electron chi connectivity index (χ4n) is 1.50. The number of rotatable bonds is 6. The van der Waals surface area contributed by atoms with Crippen molar-refractivity contribution in [2.24, 2.45) is 0 Å². The van der Waals surface area contributed by atoms with Crippen LogP contribution >= 0.6 is 12.6 Å². The Hall–Kier alpha value is -0.630. The second kappa shape index (κ2) is 11.8. The lowest BCUT2D eigenvalue weighted by Gasteiger charge is -1.96. The predicted octanol–water partition coefficient (Wildman–Crippen LogP) is 5.19. The molecule has 0 amide bonds. The third-order valence-corrected chi connectivity index (χ3v) is 2.96. The van der Waals surface area contributed by atoms with Crippen LogP contribution in [0.15, 0.2) is 24.3 Å². The summed E-state index contributed by atoms with van der Waals surface area (Å²) in [6.07, 6.45) is 8.49. The number of phenols is 1. The topological polar surface area (TPSA) is 20.2 Å². The van der Waals surface area contributed by atoms with Gasteiger partial charge in [-0.15, -0.1) is 0 Å². The molecule has 2 heteroatoms. The van der Waals surface area contributed by atoms with E-state index in [4.69, 9.17) is 5.11 Å². The van der Waals surface area contributed by atoms with Crippen LogP contribution in [0.5, 0.6) is 5.75 Å². The van der Waals surface area contributed by atoms with Gasteiger partial charge in [0.25, 0.3) is 0 Å². The highest BCUT2D eigenvalue weighted by Gasteiger charge is 1.93. The van der Waals surface area contributed by atoms with E-state index in [1.54, 1.807) is 12.1 Å². The number of aromatic hydroxyl groups is 1. The molecule has 0 fully saturated rings. The van der Waals surface area contributed by atoms with E-state index in [1.807, 2.05) is 12.1 Å². The molecule has 98 valence electrons. The number of benzene rings is 1. The highest BCUT2D eigenvalue weighted by Crippen LogP contribution is 2.16. The van der Waals surface area contributed by atoms with E-state index in [9.17, 15) is 0 Å². The summed E-state index contributed by atoms with van der Waals surface area (Å²) in [7, 11) is 0. The van der Waals surface area contributed by atoms with Crippen molar-refractivity contribution in [2.75, 3.05) is 0 Å². The van der Waals surface area contributed by atoms with Crippen molar-refractivity contribution in [3.05, 3.63) is 29.8 Å². The Morgan fingerprint density at radius 2 is 1.47 bits per heavy atom. The Bertz CT molecular complexity index is 267. The Morgan fingerprint density at radius 1 is 0.941 bits per heavy atom. The molecule has 0 aromatic heterocycles. The fraction of sp³-hybridized carbons (Fsp3) is 0.600. The number of thiol groups is 1. The Labute approximate surface area is 112 Å². The molecule has 0 spiro atoms. The van der Waals surface area contributed by atoms with Crippen molar-refractivity contribution in [1.29, 1.82) is 0 Å². The van der Waals surface area contributed by atoms with E-state index in [1.165, 1.54) is 38.5 Å². The molecule has 0 aliphatic heterocycles. The van der Waals surface area contributed by atoms with Gasteiger partial charge in [0.2, 0.25) is 0 Å². The van der Waals surface area contributed by atoms with Gasteiger partial charge in [0, 0.05) is 11.3 Å². The zero-order chi connectivity index (χ0) is 12.9. The molecule has 1 N–H and O–H groups in total. The van der Waals surface area contributed by atoms with Gasteiger partial charge in [-0.2, -0.15) is 12.6 Å². The van der Waals surface area contributed by atoms with Crippen LogP contribution < -0.4 is 0 Å². The predicted molar refractivity (Wildman–Crippen MR) is 79.8 cm³/mol. The van der Waals surface area contributed by atoms with Crippen LogP contribution in [0.1, 0.15) is 57.9 Å². The lowest BCUT2D eigenvalue weighted by atomic mass is 10.1. The third kappa shape index (κ3) is 9.11. The van der Waals surface area contributed by atoms with Gasteiger partial charge >= 0.3 is 0 Å². The van der Waals surface area contributed by atoms with Crippen molar-refractivity contribution in [3.8, 4) is 5.75 Å². The molecule has 0 unspecified atom stereocenters. The van der Waals surface area contributed by atoms with E-state index < -0.39 is 0 Å². The largest absolute Gasteiger partial charge is 0.508 e. The number of hydrogen-bond donors (Lipinski definition) is 2. The highest BCUT2D eigenvalue weighted by atomic mass is 32.1. The van der Waals surface area contributed by atoms with E-state index >= 15 is 0 Å². The molecular formula is C15H26OS. The van der Waals surface area contributed by atoms with E-state index in [0.717, 1.165) is 5.56 Å². The average molecular weight is 254 g/mol. The van der Waals surface area contributed by atoms with Gasteiger partial charge in [-0.05, 0) is 6.07 Å². The van der Waals surface area contributed by atoms with Gasteiger partial charge in [0.1, 0.15) is 5.75 Å².